The molecule has 0 radical (unpaired) electrons. The zero-order valence-corrected chi connectivity index (χ0v) is 18.5. The summed E-state index contributed by atoms with van der Waals surface area (Å²) in [5.41, 5.74) is -0.441. The van der Waals surface area contributed by atoms with Crippen LogP contribution in [0.3, 0.4) is 0 Å². The Morgan fingerprint density at radius 2 is 1.97 bits per heavy atom. The fourth-order valence-corrected chi connectivity index (χ4v) is 4.88. The summed E-state index contributed by atoms with van der Waals surface area (Å²) in [5, 5.41) is 11.4. The van der Waals surface area contributed by atoms with Gasteiger partial charge in [-0.05, 0) is 53.4 Å². The van der Waals surface area contributed by atoms with Crippen molar-refractivity contribution in [3.8, 4) is 5.75 Å². The molecule has 2 N–H and O–H groups in total. The van der Waals surface area contributed by atoms with Gasteiger partial charge in [-0.15, -0.1) is 0 Å². The fourth-order valence-electron chi connectivity index (χ4n) is 4.64. The highest BCUT2D eigenvalue weighted by Gasteiger charge is 2.56. The van der Waals surface area contributed by atoms with Gasteiger partial charge in [0.15, 0.2) is 5.60 Å². The number of alkyl halides is 3. The van der Waals surface area contributed by atoms with Crippen molar-refractivity contribution >= 4 is 17.7 Å². The molecule has 4 rings (SSSR count). The Bertz CT molecular complexity index is 1030. The van der Waals surface area contributed by atoms with Gasteiger partial charge in [-0.3, -0.25) is 0 Å². The van der Waals surface area contributed by atoms with E-state index in [4.69, 9.17) is 16.3 Å². The number of halogens is 4. The lowest BCUT2D eigenvalue weighted by molar-refractivity contribution is -0.266. The van der Waals surface area contributed by atoms with Crippen LogP contribution in [0.4, 0.5) is 13.2 Å². The van der Waals surface area contributed by atoms with E-state index in [1.165, 1.54) is 0 Å². The summed E-state index contributed by atoms with van der Waals surface area (Å²) >= 11 is 6.24. The van der Waals surface area contributed by atoms with Gasteiger partial charge >= 0.3 is 6.18 Å². The van der Waals surface area contributed by atoms with Crippen LogP contribution in [0, 0.1) is 0 Å². The molecule has 1 unspecified atom stereocenters. The van der Waals surface area contributed by atoms with Crippen molar-refractivity contribution in [3.05, 3.63) is 57.5 Å². The van der Waals surface area contributed by atoms with E-state index in [2.05, 4.69) is 4.98 Å². The van der Waals surface area contributed by atoms with E-state index < -0.39 is 30.0 Å². The molecule has 4 nitrogen and oxygen atoms in total. The Kier molecular flexibility index (Phi) is 5.33. The van der Waals surface area contributed by atoms with Crippen molar-refractivity contribution < 1.29 is 23.0 Å². The second-order valence-corrected chi connectivity index (χ2v) is 9.70. The fraction of sp³-hybridized carbons (Fsp3) is 0.478. The molecule has 0 fully saturated rings. The molecule has 0 aliphatic carbocycles. The molecule has 0 spiro atoms. The van der Waals surface area contributed by atoms with Crippen LogP contribution in [0.5, 0.6) is 5.75 Å². The minimum absolute atomic E-state index is 0.355. The number of aromatic amines is 1. The van der Waals surface area contributed by atoms with E-state index in [0.717, 1.165) is 16.8 Å². The predicted molar refractivity (Wildman–Crippen MR) is 114 cm³/mol. The molecule has 2 aromatic rings. The Labute approximate surface area is 184 Å². The first-order valence-electron chi connectivity index (χ1n) is 10.2. The van der Waals surface area contributed by atoms with Gasteiger partial charge in [0.2, 0.25) is 0 Å². The van der Waals surface area contributed by atoms with Gasteiger partial charge in [-0.1, -0.05) is 25.4 Å². The quantitative estimate of drug-likeness (QED) is 0.651. The van der Waals surface area contributed by atoms with E-state index in [1.54, 1.807) is 32.0 Å². The molecule has 1 aromatic heterocycles. The summed E-state index contributed by atoms with van der Waals surface area (Å²) in [6.07, 6.45) is -1.52. The largest absolute Gasteiger partial charge is 0.493 e. The molecule has 0 saturated carbocycles. The number of H-pyrrole nitrogens is 1. The number of hydrogen-bond donors (Lipinski definition) is 2. The molecule has 1 atom stereocenters. The monoisotopic (exact) mass is 454 g/mol. The van der Waals surface area contributed by atoms with E-state index in [1.807, 2.05) is 24.2 Å². The van der Waals surface area contributed by atoms with Crippen LogP contribution < -0.4 is 4.74 Å². The summed E-state index contributed by atoms with van der Waals surface area (Å²) < 4.78 is 48.3. The molecule has 0 bridgehead atoms. The van der Waals surface area contributed by atoms with Gasteiger partial charge in [0.05, 0.1) is 13.2 Å². The first-order chi connectivity index (χ1) is 14.4. The predicted octanol–water partition coefficient (Wildman–Crippen LogP) is 5.22. The molecule has 168 valence electrons. The van der Waals surface area contributed by atoms with Crippen molar-refractivity contribution in [2.45, 2.75) is 56.8 Å². The smallest absolute Gasteiger partial charge is 0.417 e. The third kappa shape index (κ3) is 4.17. The molecule has 2 aliphatic rings. The molecular weight excluding hydrogens is 429 g/mol. The lowest BCUT2D eigenvalue weighted by Crippen LogP contribution is -2.51. The number of nitrogens with one attached hydrogen (secondary N) is 1. The van der Waals surface area contributed by atoms with Gasteiger partial charge in [0, 0.05) is 41.9 Å². The van der Waals surface area contributed by atoms with Gasteiger partial charge in [-0.2, -0.15) is 13.2 Å². The van der Waals surface area contributed by atoms with Gasteiger partial charge < -0.3 is 19.7 Å². The number of aliphatic hydroxyl groups is 1. The van der Waals surface area contributed by atoms with Crippen molar-refractivity contribution in [2.24, 2.45) is 0 Å². The van der Waals surface area contributed by atoms with Crippen LogP contribution >= 0.6 is 11.6 Å². The number of ether oxygens (including phenoxy) is 1. The molecule has 3 heterocycles. The van der Waals surface area contributed by atoms with Crippen molar-refractivity contribution in [3.63, 3.8) is 0 Å². The van der Waals surface area contributed by atoms with Crippen molar-refractivity contribution in [1.82, 2.24) is 9.88 Å². The molecular formula is C23H26ClF3N2O2. The van der Waals surface area contributed by atoms with Crippen molar-refractivity contribution in [1.29, 1.82) is 0 Å². The van der Waals surface area contributed by atoms with Crippen LogP contribution in [0.15, 0.2) is 24.4 Å². The number of aromatic nitrogens is 1. The minimum atomic E-state index is -4.81. The normalized spacial score (nSPS) is 17.9. The highest BCUT2D eigenvalue weighted by atomic mass is 35.5. The first-order valence-corrected chi connectivity index (χ1v) is 10.6. The third-order valence-corrected chi connectivity index (χ3v) is 6.35. The van der Waals surface area contributed by atoms with Crippen molar-refractivity contribution in [2.75, 3.05) is 13.7 Å². The Morgan fingerprint density at radius 1 is 1.23 bits per heavy atom. The molecule has 2 aliphatic heterocycles. The van der Waals surface area contributed by atoms with Crippen LogP contribution in [0.1, 0.15) is 48.3 Å². The van der Waals surface area contributed by atoms with E-state index >= 15 is 0 Å². The van der Waals surface area contributed by atoms with Crippen LogP contribution in [-0.4, -0.2) is 40.4 Å². The number of rotatable bonds is 5. The number of benzene rings is 1. The number of fused-ring (bicyclic) bond motifs is 2. The number of nitrogens with zero attached hydrogens (tertiary/aromatic N) is 1. The maximum atomic E-state index is 14.2. The summed E-state index contributed by atoms with van der Waals surface area (Å²) in [4.78, 5) is 5.00. The maximum absolute atomic E-state index is 14.2. The Hall–Kier alpha value is -2.12. The third-order valence-electron chi connectivity index (χ3n) is 6.13. The summed E-state index contributed by atoms with van der Waals surface area (Å²) in [6, 6.07) is 5.12. The summed E-state index contributed by atoms with van der Waals surface area (Å²) in [7, 11) is 1.89. The highest BCUT2D eigenvalue weighted by Crippen LogP contribution is 2.47. The topological polar surface area (TPSA) is 48.5 Å². The van der Waals surface area contributed by atoms with Gasteiger partial charge in [-0.25, -0.2) is 0 Å². The lowest BCUT2D eigenvalue weighted by Gasteiger charge is -2.38. The zero-order chi connectivity index (χ0) is 22.6. The van der Waals surface area contributed by atoms with Gasteiger partial charge in [0.25, 0.3) is 0 Å². The maximum Gasteiger partial charge on any atom is 0.417 e. The number of hydrogen-bond acceptors (Lipinski definition) is 3. The van der Waals surface area contributed by atoms with Crippen LogP contribution in [0.25, 0.3) is 6.08 Å². The van der Waals surface area contributed by atoms with E-state index in [-0.39, 0.29) is 0 Å². The molecule has 8 heteroatoms. The second-order valence-electron chi connectivity index (χ2n) is 9.27. The average molecular weight is 455 g/mol. The minimum Gasteiger partial charge on any atom is -0.493 e. The molecule has 31 heavy (non-hydrogen) atoms. The summed E-state index contributed by atoms with van der Waals surface area (Å²) in [5.74, 6) is 0.586. The molecule has 0 amide bonds. The second kappa shape index (κ2) is 7.48. The van der Waals surface area contributed by atoms with E-state index in [0.29, 0.717) is 41.6 Å². The SMILES string of the molecule is CN1C=Cc2cc(CC(O)(CC(C)(C)c3cc(Cl)cc4c3OCC4)C(F)(F)F)[nH]c2C1. The van der Waals surface area contributed by atoms with Crippen LogP contribution in [-0.2, 0) is 24.8 Å². The molecule has 0 saturated heterocycles. The van der Waals surface area contributed by atoms with Crippen LogP contribution in [0.2, 0.25) is 5.02 Å². The first kappa shape index (κ1) is 22.1. The lowest BCUT2D eigenvalue weighted by atomic mass is 9.73. The Morgan fingerprint density at radius 3 is 2.68 bits per heavy atom. The molecule has 1 aromatic carbocycles. The van der Waals surface area contributed by atoms with Gasteiger partial charge in [0.1, 0.15) is 5.75 Å². The zero-order valence-electron chi connectivity index (χ0n) is 17.7. The Balaban J connectivity index is 1.67. The van der Waals surface area contributed by atoms with E-state index in [9.17, 15) is 18.3 Å². The standard InChI is InChI=1S/C23H26ClF3N2O2/c1-21(2,18-10-16(24)8-15-5-7-31-20(15)18)13-22(30,23(25,26)27)11-17-9-14-4-6-29(3)12-19(14)28-17/h4,6,8-10,28,30H,5,7,11-13H2,1-3H3. The highest BCUT2D eigenvalue weighted by molar-refractivity contribution is 6.30. The summed E-state index contributed by atoms with van der Waals surface area (Å²) in [6.45, 7) is 4.43. The average Bonchev–Trinajstić information content (AvgIpc) is 3.24.